The highest BCUT2D eigenvalue weighted by Gasteiger charge is 2.25. The van der Waals surface area contributed by atoms with Gasteiger partial charge in [-0.1, -0.05) is 0 Å². The first-order valence-corrected chi connectivity index (χ1v) is 6.55. The molecule has 0 aromatic rings. The number of rotatable bonds is 6. The third-order valence-corrected chi connectivity index (χ3v) is 3.37. The van der Waals surface area contributed by atoms with Gasteiger partial charge in [-0.05, 0) is 19.9 Å². The maximum absolute atomic E-state index is 11.6. The molecule has 0 spiro atoms. The first-order chi connectivity index (χ1) is 8.25. The third-order valence-electron chi connectivity index (χ3n) is 3.37. The summed E-state index contributed by atoms with van der Waals surface area (Å²) in [4.78, 5) is 14.0. The van der Waals surface area contributed by atoms with Gasteiger partial charge in [0.25, 0.3) is 0 Å². The number of carbonyl (C=O) groups excluding carboxylic acids is 1. The molecule has 5 nitrogen and oxygen atoms in total. The molecule has 0 aromatic carbocycles. The quantitative estimate of drug-likeness (QED) is 0.663. The van der Waals surface area contributed by atoms with E-state index in [-0.39, 0.29) is 12.0 Å². The average molecular weight is 241 g/mol. The third kappa shape index (κ3) is 4.61. The highest BCUT2D eigenvalue weighted by Crippen LogP contribution is 2.24. The summed E-state index contributed by atoms with van der Waals surface area (Å²) >= 11 is 0. The Morgan fingerprint density at radius 3 is 3.00 bits per heavy atom. The van der Waals surface area contributed by atoms with Crippen LogP contribution in [-0.4, -0.2) is 62.8 Å². The first-order valence-electron chi connectivity index (χ1n) is 6.55. The number of nitrogens with zero attached hydrogens (tertiary/aromatic N) is 1. The van der Waals surface area contributed by atoms with Crippen molar-refractivity contribution in [3.05, 3.63) is 0 Å². The van der Waals surface area contributed by atoms with Crippen LogP contribution in [0.15, 0.2) is 0 Å². The van der Waals surface area contributed by atoms with E-state index in [0.717, 1.165) is 32.2 Å². The van der Waals surface area contributed by atoms with Crippen molar-refractivity contribution in [3.63, 3.8) is 0 Å². The highest BCUT2D eigenvalue weighted by molar-refractivity contribution is 5.76. The van der Waals surface area contributed by atoms with Crippen molar-refractivity contribution < 1.29 is 9.53 Å². The SMILES string of the molecule is CN(CCNC(=O)CC1CNCCO1)C1CC1. The summed E-state index contributed by atoms with van der Waals surface area (Å²) in [7, 11) is 2.12. The maximum Gasteiger partial charge on any atom is 0.222 e. The Morgan fingerprint density at radius 2 is 2.35 bits per heavy atom. The normalized spacial score (nSPS) is 24.9. The van der Waals surface area contributed by atoms with Gasteiger partial charge in [-0.25, -0.2) is 0 Å². The fraction of sp³-hybridized carbons (Fsp3) is 0.917. The summed E-state index contributed by atoms with van der Waals surface area (Å²) in [6.45, 7) is 4.08. The van der Waals surface area contributed by atoms with Crippen molar-refractivity contribution in [2.45, 2.75) is 31.4 Å². The lowest BCUT2D eigenvalue weighted by Crippen LogP contribution is -2.42. The molecular weight excluding hydrogens is 218 g/mol. The standard InChI is InChI=1S/C12H23N3O2/c1-15(10-2-3-10)6-4-14-12(16)8-11-9-13-5-7-17-11/h10-11,13H,2-9H2,1H3,(H,14,16). The molecule has 0 aromatic heterocycles. The zero-order chi connectivity index (χ0) is 12.1. The molecule has 1 atom stereocenters. The molecule has 1 aliphatic carbocycles. The number of ether oxygens (including phenoxy) is 1. The monoisotopic (exact) mass is 241 g/mol. The second kappa shape index (κ2) is 6.33. The Morgan fingerprint density at radius 1 is 1.53 bits per heavy atom. The van der Waals surface area contributed by atoms with E-state index in [2.05, 4.69) is 22.6 Å². The lowest BCUT2D eigenvalue weighted by atomic mass is 10.2. The van der Waals surface area contributed by atoms with Gasteiger partial charge in [-0.3, -0.25) is 4.79 Å². The van der Waals surface area contributed by atoms with E-state index in [4.69, 9.17) is 4.74 Å². The Bertz CT molecular complexity index is 250. The molecule has 1 saturated heterocycles. The molecule has 17 heavy (non-hydrogen) atoms. The molecule has 98 valence electrons. The van der Waals surface area contributed by atoms with E-state index in [1.54, 1.807) is 0 Å². The molecule has 2 aliphatic rings. The topological polar surface area (TPSA) is 53.6 Å². The van der Waals surface area contributed by atoms with Crippen molar-refractivity contribution in [2.75, 3.05) is 39.8 Å². The Hall–Kier alpha value is -0.650. The van der Waals surface area contributed by atoms with E-state index in [1.165, 1.54) is 12.8 Å². The van der Waals surface area contributed by atoms with Crippen LogP contribution in [0.3, 0.4) is 0 Å². The molecule has 5 heteroatoms. The smallest absolute Gasteiger partial charge is 0.222 e. The van der Waals surface area contributed by atoms with E-state index in [1.807, 2.05) is 0 Å². The van der Waals surface area contributed by atoms with Crippen LogP contribution < -0.4 is 10.6 Å². The zero-order valence-electron chi connectivity index (χ0n) is 10.6. The van der Waals surface area contributed by atoms with Gasteiger partial charge in [0.2, 0.25) is 5.91 Å². The Balaban J connectivity index is 1.53. The van der Waals surface area contributed by atoms with E-state index in [0.29, 0.717) is 13.0 Å². The van der Waals surface area contributed by atoms with Gasteiger partial charge < -0.3 is 20.3 Å². The van der Waals surface area contributed by atoms with Crippen molar-refractivity contribution in [1.82, 2.24) is 15.5 Å². The van der Waals surface area contributed by atoms with Crippen molar-refractivity contribution in [1.29, 1.82) is 0 Å². The summed E-state index contributed by atoms with van der Waals surface area (Å²) < 4.78 is 5.49. The summed E-state index contributed by atoms with van der Waals surface area (Å²) in [6.07, 6.45) is 3.14. The fourth-order valence-electron chi connectivity index (χ4n) is 2.10. The van der Waals surface area contributed by atoms with Crippen LogP contribution in [0.4, 0.5) is 0 Å². The largest absolute Gasteiger partial charge is 0.375 e. The lowest BCUT2D eigenvalue weighted by molar-refractivity contribution is -0.124. The van der Waals surface area contributed by atoms with E-state index in [9.17, 15) is 4.79 Å². The van der Waals surface area contributed by atoms with Crippen LogP contribution in [0.5, 0.6) is 0 Å². The van der Waals surface area contributed by atoms with Crippen LogP contribution in [0.1, 0.15) is 19.3 Å². The number of hydrogen-bond acceptors (Lipinski definition) is 4. The lowest BCUT2D eigenvalue weighted by Gasteiger charge is -2.23. The maximum atomic E-state index is 11.6. The summed E-state index contributed by atoms with van der Waals surface area (Å²) in [5, 5.41) is 6.18. The van der Waals surface area contributed by atoms with Gasteiger partial charge in [0.1, 0.15) is 0 Å². The average Bonchev–Trinajstić information content (AvgIpc) is 3.14. The number of carbonyl (C=O) groups is 1. The molecule has 2 fully saturated rings. The van der Waals surface area contributed by atoms with E-state index >= 15 is 0 Å². The van der Waals surface area contributed by atoms with E-state index < -0.39 is 0 Å². The van der Waals surface area contributed by atoms with Crippen LogP contribution in [0.2, 0.25) is 0 Å². The molecule has 2 rings (SSSR count). The molecule has 1 amide bonds. The molecule has 1 unspecified atom stereocenters. The molecule has 0 radical (unpaired) electrons. The summed E-state index contributed by atoms with van der Waals surface area (Å²) in [5.41, 5.74) is 0. The fourth-order valence-corrected chi connectivity index (χ4v) is 2.10. The van der Waals surface area contributed by atoms with Gasteiger partial charge in [-0.15, -0.1) is 0 Å². The second-order valence-electron chi connectivity index (χ2n) is 4.96. The number of hydrogen-bond donors (Lipinski definition) is 2. The Labute approximate surface area is 103 Å². The zero-order valence-corrected chi connectivity index (χ0v) is 10.6. The summed E-state index contributed by atoms with van der Waals surface area (Å²) in [6, 6.07) is 0.762. The number of nitrogens with one attached hydrogen (secondary N) is 2. The van der Waals surface area contributed by atoms with Gasteiger partial charge >= 0.3 is 0 Å². The number of amides is 1. The predicted molar refractivity (Wildman–Crippen MR) is 65.9 cm³/mol. The van der Waals surface area contributed by atoms with Crippen LogP contribution in [0.25, 0.3) is 0 Å². The summed E-state index contributed by atoms with van der Waals surface area (Å²) in [5.74, 6) is 0.0999. The van der Waals surface area contributed by atoms with Crippen LogP contribution in [-0.2, 0) is 9.53 Å². The molecular formula is C12H23N3O2. The van der Waals surface area contributed by atoms with Gasteiger partial charge in [0, 0.05) is 32.2 Å². The van der Waals surface area contributed by atoms with Crippen molar-refractivity contribution >= 4 is 5.91 Å². The number of morpholine rings is 1. The van der Waals surface area contributed by atoms with Crippen molar-refractivity contribution in [3.8, 4) is 0 Å². The number of likely N-dealkylation sites (N-methyl/N-ethyl adjacent to an activating group) is 1. The second-order valence-corrected chi connectivity index (χ2v) is 4.96. The van der Waals surface area contributed by atoms with Gasteiger partial charge in [0.15, 0.2) is 0 Å². The van der Waals surface area contributed by atoms with Gasteiger partial charge in [-0.2, -0.15) is 0 Å². The predicted octanol–water partition coefficient (Wildman–Crippen LogP) is -0.425. The van der Waals surface area contributed by atoms with Crippen LogP contribution in [0, 0.1) is 0 Å². The highest BCUT2D eigenvalue weighted by atomic mass is 16.5. The molecule has 1 heterocycles. The van der Waals surface area contributed by atoms with Crippen LogP contribution >= 0.6 is 0 Å². The first kappa shape index (κ1) is 12.8. The molecule has 0 bridgehead atoms. The minimum absolute atomic E-state index is 0.0462. The molecule has 1 aliphatic heterocycles. The molecule has 2 N–H and O–H groups in total. The van der Waals surface area contributed by atoms with Gasteiger partial charge in [0.05, 0.1) is 19.1 Å². The minimum Gasteiger partial charge on any atom is -0.375 e. The minimum atomic E-state index is 0.0462. The van der Waals surface area contributed by atoms with Crippen molar-refractivity contribution in [2.24, 2.45) is 0 Å². The Kier molecular flexibility index (Phi) is 4.76. The molecule has 1 saturated carbocycles.